The lowest BCUT2D eigenvalue weighted by Gasteiger charge is -2.22. The molecule has 4 heteroatoms. The Hall–Kier alpha value is -0.610. The molecule has 1 N–H and O–H groups in total. The van der Waals surface area contributed by atoms with Gasteiger partial charge in [0.05, 0.1) is 5.60 Å². The summed E-state index contributed by atoms with van der Waals surface area (Å²) in [5, 5.41) is 2.89. The van der Waals surface area contributed by atoms with Crippen molar-refractivity contribution in [3.8, 4) is 0 Å². The van der Waals surface area contributed by atoms with Crippen LogP contribution in [0.15, 0.2) is 0 Å². The summed E-state index contributed by atoms with van der Waals surface area (Å²) in [7, 11) is 1.81. The largest absolute Gasteiger partial charge is 0.463 e. The van der Waals surface area contributed by atoms with Gasteiger partial charge in [-0.3, -0.25) is 0 Å². The van der Waals surface area contributed by atoms with Gasteiger partial charge in [-0.25, -0.2) is 4.79 Å². The van der Waals surface area contributed by atoms with Gasteiger partial charge in [-0.05, 0) is 27.3 Å². The van der Waals surface area contributed by atoms with Gasteiger partial charge in [0, 0.05) is 6.54 Å². The van der Waals surface area contributed by atoms with Crippen LogP contribution in [0, 0.1) is 0 Å². The first-order valence-corrected chi connectivity index (χ1v) is 4.96. The van der Waals surface area contributed by atoms with Crippen LogP contribution in [0.3, 0.4) is 0 Å². The maximum atomic E-state index is 11.1. The van der Waals surface area contributed by atoms with E-state index in [1.54, 1.807) is 0 Å². The quantitative estimate of drug-likeness (QED) is 0.494. The number of likely N-dealkylation sites (N-methyl/N-ethyl adjacent to an activating group) is 1. The molecular formula is C10H21NO3. The monoisotopic (exact) mass is 203 g/mol. The standard InChI is InChI=1S/C10H21NO3/c1-5-10(2,3)14-8-9(12)13-7-6-11-4/h11H,5-8H2,1-4H3. The number of carbonyl (C=O) groups is 1. The highest BCUT2D eigenvalue weighted by Gasteiger charge is 2.17. The van der Waals surface area contributed by atoms with Crippen LogP contribution in [0.5, 0.6) is 0 Å². The van der Waals surface area contributed by atoms with E-state index in [1.165, 1.54) is 0 Å². The molecule has 0 aromatic carbocycles. The molecule has 0 aliphatic heterocycles. The van der Waals surface area contributed by atoms with E-state index in [4.69, 9.17) is 9.47 Å². The van der Waals surface area contributed by atoms with Gasteiger partial charge < -0.3 is 14.8 Å². The zero-order chi connectivity index (χ0) is 11.0. The Kier molecular flexibility index (Phi) is 6.49. The van der Waals surface area contributed by atoms with Gasteiger partial charge in [0.15, 0.2) is 0 Å². The molecule has 84 valence electrons. The van der Waals surface area contributed by atoms with E-state index in [0.29, 0.717) is 13.2 Å². The number of hydrogen-bond acceptors (Lipinski definition) is 4. The highest BCUT2D eigenvalue weighted by atomic mass is 16.6. The first-order chi connectivity index (χ1) is 6.52. The molecule has 0 heterocycles. The van der Waals surface area contributed by atoms with Crippen molar-refractivity contribution in [1.82, 2.24) is 5.32 Å². The molecule has 0 fully saturated rings. The summed E-state index contributed by atoms with van der Waals surface area (Å²) in [6.07, 6.45) is 0.872. The normalized spacial score (nSPS) is 11.4. The molecule has 0 unspecified atom stereocenters. The van der Waals surface area contributed by atoms with Crippen LogP contribution in [-0.4, -0.2) is 38.4 Å². The molecule has 0 aliphatic rings. The first kappa shape index (κ1) is 13.4. The van der Waals surface area contributed by atoms with E-state index in [-0.39, 0.29) is 18.2 Å². The number of rotatable bonds is 7. The summed E-state index contributed by atoms with van der Waals surface area (Å²) in [5.74, 6) is -0.304. The van der Waals surface area contributed by atoms with Crippen LogP contribution < -0.4 is 5.32 Å². The van der Waals surface area contributed by atoms with E-state index < -0.39 is 0 Å². The van der Waals surface area contributed by atoms with Crippen molar-refractivity contribution in [2.45, 2.75) is 32.8 Å². The van der Waals surface area contributed by atoms with Crippen LogP contribution in [0.4, 0.5) is 0 Å². The molecule has 14 heavy (non-hydrogen) atoms. The summed E-state index contributed by atoms with van der Waals surface area (Å²) in [6.45, 7) is 7.02. The van der Waals surface area contributed by atoms with Crippen molar-refractivity contribution in [3.05, 3.63) is 0 Å². The number of nitrogens with one attached hydrogen (secondary N) is 1. The van der Waals surface area contributed by atoms with Gasteiger partial charge in [-0.1, -0.05) is 6.92 Å². The lowest BCUT2D eigenvalue weighted by Crippen LogP contribution is -2.28. The minimum absolute atomic E-state index is 0.0323. The Morgan fingerprint density at radius 1 is 1.43 bits per heavy atom. The molecule has 0 rings (SSSR count). The number of ether oxygens (including phenoxy) is 2. The predicted molar refractivity (Wildman–Crippen MR) is 55.2 cm³/mol. The number of esters is 1. The molecular weight excluding hydrogens is 182 g/mol. The molecule has 0 atom stereocenters. The third kappa shape index (κ3) is 6.86. The van der Waals surface area contributed by atoms with Crippen molar-refractivity contribution in [1.29, 1.82) is 0 Å². The SMILES string of the molecule is CCC(C)(C)OCC(=O)OCCNC. The van der Waals surface area contributed by atoms with E-state index >= 15 is 0 Å². The molecule has 0 amide bonds. The zero-order valence-electron chi connectivity index (χ0n) is 9.55. The maximum absolute atomic E-state index is 11.1. The predicted octanol–water partition coefficient (Wildman–Crippen LogP) is 0.954. The molecule has 0 saturated carbocycles. The minimum Gasteiger partial charge on any atom is -0.463 e. The van der Waals surface area contributed by atoms with Crippen molar-refractivity contribution in [2.24, 2.45) is 0 Å². The van der Waals surface area contributed by atoms with E-state index in [9.17, 15) is 4.79 Å². The summed E-state index contributed by atoms with van der Waals surface area (Å²) in [4.78, 5) is 11.1. The second-order valence-electron chi connectivity index (χ2n) is 3.73. The van der Waals surface area contributed by atoms with Crippen molar-refractivity contribution in [2.75, 3.05) is 26.8 Å². The maximum Gasteiger partial charge on any atom is 0.332 e. The van der Waals surface area contributed by atoms with Gasteiger partial charge >= 0.3 is 5.97 Å². The van der Waals surface area contributed by atoms with Gasteiger partial charge in [-0.2, -0.15) is 0 Å². The summed E-state index contributed by atoms with van der Waals surface area (Å²) < 4.78 is 10.3. The summed E-state index contributed by atoms with van der Waals surface area (Å²) >= 11 is 0. The lowest BCUT2D eigenvalue weighted by atomic mass is 10.1. The third-order valence-corrected chi connectivity index (χ3v) is 2.05. The molecule has 0 bridgehead atoms. The molecule has 0 spiro atoms. The lowest BCUT2D eigenvalue weighted by molar-refractivity contribution is -0.154. The number of carbonyl (C=O) groups excluding carboxylic acids is 1. The van der Waals surface area contributed by atoms with Crippen LogP contribution in [-0.2, 0) is 14.3 Å². The molecule has 0 aromatic rings. The van der Waals surface area contributed by atoms with Gasteiger partial charge in [0.2, 0.25) is 0 Å². The fourth-order valence-electron chi connectivity index (χ4n) is 0.665. The number of hydrogen-bond donors (Lipinski definition) is 1. The average molecular weight is 203 g/mol. The molecule has 0 radical (unpaired) electrons. The zero-order valence-corrected chi connectivity index (χ0v) is 9.55. The molecule has 4 nitrogen and oxygen atoms in total. The Morgan fingerprint density at radius 2 is 2.07 bits per heavy atom. The van der Waals surface area contributed by atoms with Gasteiger partial charge in [-0.15, -0.1) is 0 Å². The van der Waals surface area contributed by atoms with Gasteiger partial charge in [0.1, 0.15) is 13.2 Å². The fraction of sp³-hybridized carbons (Fsp3) is 0.900. The van der Waals surface area contributed by atoms with Crippen molar-refractivity contribution < 1.29 is 14.3 Å². The Bertz CT molecular complexity index is 169. The minimum atomic E-state index is -0.304. The summed E-state index contributed by atoms with van der Waals surface area (Å²) in [5.41, 5.74) is -0.248. The fourth-order valence-corrected chi connectivity index (χ4v) is 0.665. The van der Waals surface area contributed by atoms with E-state index in [0.717, 1.165) is 6.42 Å². The Labute approximate surface area is 86.0 Å². The Morgan fingerprint density at radius 3 is 2.57 bits per heavy atom. The van der Waals surface area contributed by atoms with Crippen molar-refractivity contribution in [3.63, 3.8) is 0 Å². The topological polar surface area (TPSA) is 47.6 Å². The first-order valence-electron chi connectivity index (χ1n) is 4.96. The van der Waals surface area contributed by atoms with Gasteiger partial charge in [0.25, 0.3) is 0 Å². The average Bonchev–Trinajstić information content (AvgIpc) is 2.16. The van der Waals surface area contributed by atoms with Crippen LogP contribution in [0.25, 0.3) is 0 Å². The third-order valence-electron chi connectivity index (χ3n) is 2.05. The van der Waals surface area contributed by atoms with Crippen molar-refractivity contribution >= 4 is 5.97 Å². The smallest absolute Gasteiger partial charge is 0.332 e. The molecule has 0 saturated heterocycles. The molecule has 0 aromatic heterocycles. The Balaban J connectivity index is 3.53. The second kappa shape index (κ2) is 6.79. The van der Waals surface area contributed by atoms with Crippen LogP contribution >= 0.6 is 0 Å². The van der Waals surface area contributed by atoms with E-state index in [1.807, 2.05) is 27.8 Å². The second-order valence-corrected chi connectivity index (χ2v) is 3.73. The summed E-state index contributed by atoms with van der Waals surface area (Å²) in [6, 6.07) is 0. The van der Waals surface area contributed by atoms with E-state index in [2.05, 4.69) is 5.32 Å². The van der Waals surface area contributed by atoms with Crippen LogP contribution in [0.2, 0.25) is 0 Å². The van der Waals surface area contributed by atoms with Crippen LogP contribution in [0.1, 0.15) is 27.2 Å². The molecule has 0 aliphatic carbocycles. The highest BCUT2D eigenvalue weighted by Crippen LogP contribution is 2.12. The highest BCUT2D eigenvalue weighted by molar-refractivity contribution is 5.70.